The largest absolute Gasteiger partial charge is 0.481 e. The van der Waals surface area contributed by atoms with Gasteiger partial charge in [-0.05, 0) is 23.3 Å². The molecule has 1 atom stereocenters. The second kappa shape index (κ2) is 9.33. The third-order valence-corrected chi connectivity index (χ3v) is 3.63. The summed E-state index contributed by atoms with van der Waals surface area (Å²) < 4.78 is 5.23. The summed E-state index contributed by atoms with van der Waals surface area (Å²) in [5.74, 6) is -2.88. The number of rotatable bonds is 9. The van der Waals surface area contributed by atoms with Gasteiger partial charge >= 0.3 is 17.9 Å². The number of ether oxygens (including phenoxy) is 1. The van der Waals surface area contributed by atoms with Crippen LogP contribution in [0.3, 0.4) is 0 Å². The lowest BCUT2D eigenvalue weighted by Crippen LogP contribution is -2.38. The zero-order chi connectivity index (χ0) is 18.9. The van der Waals surface area contributed by atoms with Crippen molar-refractivity contribution in [2.75, 3.05) is 0 Å². The highest BCUT2D eigenvalue weighted by atomic mass is 16.5. The molecule has 2 aromatic rings. The second-order valence-corrected chi connectivity index (χ2v) is 5.63. The average molecular weight is 357 g/mol. The van der Waals surface area contributed by atoms with Crippen LogP contribution < -0.4 is 5.32 Å². The Hall–Kier alpha value is -3.19. The van der Waals surface area contributed by atoms with E-state index in [-0.39, 0.29) is 13.2 Å². The van der Waals surface area contributed by atoms with Gasteiger partial charge in [0.15, 0.2) is 0 Å². The van der Waals surface area contributed by atoms with E-state index in [0.29, 0.717) is 5.56 Å². The van der Waals surface area contributed by atoms with Gasteiger partial charge in [0.1, 0.15) is 12.6 Å². The molecule has 0 amide bonds. The zero-order valence-electron chi connectivity index (χ0n) is 13.9. The lowest BCUT2D eigenvalue weighted by molar-refractivity contribution is -0.146. The van der Waals surface area contributed by atoms with Crippen molar-refractivity contribution in [3.8, 4) is 0 Å². The third-order valence-electron chi connectivity index (χ3n) is 3.63. The zero-order valence-corrected chi connectivity index (χ0v) is 13.9. The summed E-state index contributed by atoms with van der Waals surface area (Å²) in [7, 11) is 0. The molecule has 0 aromatic heterocycles. The van der Waals surface area contributed by atoms with Gasteiger partial charge in [-0.3, -0.25) is 14.9 Å². The molecule has 0 aliphatic rings. The van der Waals surface area contributed by atoms with Crippen LogP contribution >= 0.6 is 0 Å². The molecule has 0 radical (unpaired) electrons. The summed E-state index contributed by atoms with van der Waals surface area (Å²) in [6.45, 7) is 0.349. The van der Waals surface area contributed by atoms with E-state index in [2.05, 4.69) is 5.32 Å². The van der Waals surface area contributed by atoms with Crippen LogP contribution in [-0.4, -0.2) is 34.2 Å². The number of nitrogens with one attached hydrogen (secondary N) is 1. The van der Waals surface area contributed by atoms with Crippen LogP contribution in [0.2, 0.25) is 0 Å². The van der Waals surface area contributed by atoms with E-state index < -0.39 is 30.4 Å². The minimum absolute atomic E-state index is 0.170. The Morgan fingerprint density at radius 1 is 0.923 bits per heavy atom. The number of benzene rings is 2. The Labute approximate surface area is 150 Å². The Balaban J connectivity index is 1.87. The van der Waals surface area contributed by atoms with Crippen molar-refractivity contribution < 1.29 is 29.3 Å². The van der Waals surface area contributed by atoms with Crippen molar-refractivity contribution in [3.63, 3.8) is 0 Å². The summed E-state index contributed by atoms with van der Waals surface area (Å²) in [4.78, 5) is 33.7. The first-order valence-corrected chi connectivity index (χ1v) is 7.93. The van der Waals surface area contributed by atoms with Gasteiger partial charge in [0, 0.05) is 6.54 Å². The van der Waals surface area contributed by atoms with Gasteiger partial charge in [0.25, 0.3) is 0 Å². The highest BCUT2D eigenvalue weighted by Gasteiger charge is 2.20. The molecular weight excluding hydrogens is 338 g/mol. The van der Waals surface area contributed by atoms with Gasteiger partial charge in [-0.15, -0.1) is 0 Å². The van der Waals surface area contributed by atoms with E-state index in [1.807, 2.05) is 30.3 Å². The van der Waals surface area contributed by atoms with Crippen molar-refractivity contribution in [1.29, 1.82) is 0 Å². The van der Waals surface area contributed by atoms with Crippen molar-refractivity contribution in [2.24, 2.45) is 0 Å². The fourth-order valence-corrected chi connectivity index (χ4v) is 2.23. The summed E-state index contributed by atoms with van der Waals surface area (Å²) in [5, 5.41) is 20.4. The number of carboxylic acid groups (broad SMARTS) is 2. The lowest BCUT2D eigenvalue weighted by Gasteiger charge is -2.12. The predicted molar refractivity (Wildman–Crippen MR) is 92.5 cm³/mol. The minimum atomic E-state index is -1.23. The molecule has 2 aromatic carbocycles. The van der Waals surface area contributed by atoms with Crippen molar-refractivity contribution in [3.05, 3.63) is 71.3 Å². The summed E-state index contributed by atoms with van der Waals surface area (Å²) >= 11 is 0. The fourth-order valence-electron chi connectivity index (χ4n) is 2.23. The lowest BCUT2D eigenvalue weighted by atomic mass is 10.1. The van der Waals surface area contributed by atoms with Gasteiger partial charge in [-0.2, -0.15) is 0 Å². The number of aliphatic carboxylic acids is 2. The number of esters is 1. The average Bonchev–Trinajstić information content (AvgIpc) is 2.64. The normalized spacial score (nSPS) is 11.5. The predicted octanol–water partition coefficient (Wildman–Crippen LogP) is 2.06. The number of carbonyl (C=O) groups excluding carboxylic acids is 1. The number of carboxylic acids is 2. The standard InChI is InChI=1S/C19H19NO6/c21-17(22)10-16(18(23)24)20-11-13-6-8-15(9-7-13)19(25)26-12-14-4-2-1-3-5-14/h1-9,16,20H,10-12H2,(H,21,22)(H,23,24)/t16-/m0/s1. The number of hydrogen-bond acceptors (Lipinski definition) is 5. The molecule has 26 heavy (non-hydrogen) atoms. The number of hydrogen-bond donors (Lipinski definition) is 3. The maximum Gasteiger partial charge on any atom is 0.338 e. The van der Waals surface area contributed by atoms with Crippen LogP contribution in [0.4, 0.5) is 0 Å². The summed E-state index contributed by atoms with van der Waals surface area (Å²) in [5.41, 5.74) is 1.99. The molecule has 0 heterocycles. The first-order chi connectivity index (χ1) is 12.5. The van der Waals surface area contributed by atoms with Crippen molar-refractivity contribution in [1.82, 2.24) is 5.32 Å². The molecule has 0 spiro atoms. The van der Waals surface area contributed by atoms with Gasteiger partial charge in [-0.25, -0.2) is 4.79 Å². The molecule has 0 aliphatic heterocycles. The molecular formula is C19H19NO6. The molecule has 3 N–H and O–H groups in total. The molecule has 7 heteroatoms. The molecule has 136 valence electrons. The quantitative estimate of drug-likeness (QED) is 0.589. The maximum absolute atomic E-state index is 12.0. The number of carbonyl (C=O) groups is 3. The molecule has 0 aliphatic carbocycles. The Morgan fingerprint density at radius 2 is 1.58 bits per heavy atom. The highest BCUT2D eigenvalue weighted by molar-refractivity contribution is 5.89. The first-order valence-electron chi connectivity index (χ1n) is 7.93. The van der Waals surface area contributed by atoms with Crippen LogP contribution in [0, 0.1) is 0 Å². The Bertz CT molecular complexity index is 757. The Kier molecular flexibility index (Phi) is 6.87. The van der Waals surface area contributed by atoms with E-state index >= 15 is 0 Å². The molecule has 0 saturated heterocycles. The fraction of sp³-hybridized carbons (Fsp3) is 0.211. The van der Waals surface area contributed by atoms with E-state index in [4.69, 9.17) is 14.9 Å². The van der Waals surface area contributed by atoms with Crippen molar-refractivity contribution >= 4 is 17.9 Å². The first kappa shape index (κ1) is 19.1. The minimum Gasteiger partial charge on any atom is -0.481 e. The molecule has 7 nitrogen and oxygen atoms in total. The van der Waals surface area contributed by atoms with Crippen molar-refractivity contribution in [2.45, 2.75) is 25.6 Å². The van der Waals surface area contributed by atoms with Gasteiger partial charge in [-0.1, -0.05) is 42.5 Å². The summed E-state index contributed by atoms with van der Waals surface area (Å²) in [6.07, 6.45) is -0.515. The van der Waals surface area contributed by atoms with E-state index in [1.54, 1.807) is 24.3 Å². The SMILES string of the molecule is O=C(O)C[C@H](NCc1ccc(C(=O)OCc2ccccc2)cc1)C(=O)O. The molecule has 0 bridgehead atoms. The molecule has 0 fully saturated rings. The van der Waals surface area contributed by atoms with Gasteiger partial charge in [0.2, 0.25) is 0 Å². The summed E-state index contributed by atoms with van der Waals surface area (Å²) in [6, 6.07) is 14.6. The third kappa shape index (κ3) is 6.03. The monoisotopic (exact) mass is 357 g/mol. The van der Waals surface area contributed by atoms with E-state index in [9.17, 15) is 14.4 Å². The second-order valence-electron chi connectivity index (χ2n) is 5.63. The van der Waals surface area contributed by atoms with Gasteiger partial charge < -0.3 is 14.9 Å². The Morgan fingerprint density at radius 3 is 2.15 bits per heavy atom. The topological polar surface area (TPSA) is 113 Å². The van der Waals surface area contributed by atoms with E-state index in [1.165, 1.54) is 0 Å². The molecule has 0 saturated carbocycles. The maximum atomic E-state index is 12.0. The van der Waals surface area contributed by atoms with E-state index in [0.717, 1.165) is 11.1 Å². The van der Waals surface area contributed by atoms with Crippen LogP contribution in [0.5, 0.6) is 0 Å². The van der Waals surface area contributed by atoms with Crippen LogP contribution in [-0.2, 0) is 27.5 Å². The van der Waals surface area contributed by atoms with Crippen LogP contribution in [0.1, 0.15) is 27.9 Å². The molecule has 2 rings (SSSR count). The van der Waals surface area contributed by atoms with Gasteiger partial charge in [0.05, 0.1) is 12.0 Å². The van der Waals surface area contributed by atoms with Crippen LogP contribution in [0.25, 0.3) is 0 Å². The van der Waals surface area contributed by atoms with Crippen LogP contribution in [0.15, 0.2) is 54.6 Å². The highest BCUT2D eigenvalue weighted by Crippen LogP contribution is 2.09. The smallest absolute Gasteiger partial charge is 0.338 e. The molecule has 0 unspecified atom stereocenters.